The Bertz CT molecular complexity index is 370. The average Bonchev–Trinajstić information content (AvgIpc) is 2.15. The van der Waals surface area contributed by atoms with Crippen molar-refractivity contribution in [3.63, 3.8) is 0 Å². The molecule has 1 aliphatic rings. The summed E-state index contributed by atoms with van der Waals surface area (Å²) >= 11 is 7.20. The van der Waals surface area contributed by atoms with Gasteiger partial charge in [0.1, 0.15) is 0 Å². The molecule has 1 fully saturated rings. The number of halogens is 2. The molecular weight excluding hydrogens is 332 g/mol. The van der Waals surface area contributed by atoms with Crippen LogP contribution in [0.5, 0.6) is 0 Å². The minimum atomic E-state index is 0.769. The molecule has 0 spiro atoms. The van der Waals surface area contributed by atoms with Crippen LogP contribution in [0.1, 0.15) is 19.8 Å². The third-order valence-corrected chi connectivity index (χ3v) is 4.22. The topological polar surface area (TPSA) is 29.3 Å². The fraction of sp³-hybridized carbons (Fsp3) is 0.500. The van der Waals surface area contributed by atoms with Crippen LogP contribution in [0, 0.1) is 5.92 Å². The summed E-state index contributed by atoms with van der Waals surface area (Å²) in [6.45, 7) is 4.57. The highest BCUT2D eigenvalue weighted by atomic mass is 79.9. The van der Waals surface area contributed by atoms with Crippen LogP contribution in [0.2, 0.25) is 0 Å². The van der Waals surface area contributed by atoms with Crippen molar-refractivity contribution in [2.24, 2.45) is 5.92 Å². The number of nitrogens with zero attached hydrogens (tertiary/aromatic N) is 1. The fourth-order valence-corrected chi connectivity index (χ4v) is 4.00. The van der Waals surface area contributed by atoms with Gasteiger partial charge in [-0.25, -0.2) is 0 Å². The predicted molar refractivity (Wildman–Crippen MR) is 76.9 cm³/mol. The lowest BCUT2D eigenvalue weighted by atomic mass is 10.00. The largest absolute Gasteiger partial charge is 0.399 e. The Hall–Kier alpha value is -0.220. The van der Waals surface area contributed by atoms with Crippen molar-refractivity contribution in [2.45, 2.75) is 19.8 Å². The van der Waals surface area contributed by atoms with Gasteiger partial charge in [-0.1, -0.05) is 6.92 Å². The number of rotatable bonds is 1. The molecule has 2 nitrogen and oxygen atoms in total. The molecule has 0 aliphatic carbocycles. The van der Waals surface area contributed by atoms with Crippen LogP contribution >= 0.6 is 31.9 Å². The van der Waals surface area contributed by atoms with Gasteiger partial charge in [0.05, 0.1) is 5.69 Å². The van der Waals surface area contributed by atoms with E-state index in [0.29, 0.717) is 0 Å². The first-order chi connectivity index (χ1) is 7.58. The van der Waals surface area contributed by atoms with Crippen LogP contribution in [0.25, 0.3) is 0 Å². The van der Waals surface area contributed by atoms with Crippen molar-refractivity contribution in [2.75, 3.05) is 23.7 Å². The van der Waals surface area contributed by atoms with Gasteiger partial charge >= 0.3 is 0 Å². The zero-order valence-electron chi connectivity index (χ0n) is 9.34. The first kappa shape index (κ1) is 12.2. The molecule has 88 valence electrons. The van der Waals surface area contributed by atoms with Crippen LogP contribution < -0.4 is 10.6 Å². The van der Waals surface area contributed by atoms with Gasteiger partial charge in [0.25, 0.3) is 0 Å². The maximum Gasteiger partial charge on any atom is 0.0656 e. The number of hydrogen-bond donors (Lipinski definition) is 1. The second-order valence-electron chi connectivity index (χ2n) is 4.53. The zero-order valence-corrected chi connectivity index (χ0v) is 12.5. The number of nitrogens with two attached hydrogens (primary N) is 1. The van der Waals surface area contributed by atoms with E-state index in [1.165, 1.54) is 18.5 Å². The maximum atomic E-state index is 5.81. The molecule has 2 N–H and O–H groups in total. The van der Waals surface area contributed by atoms with Crippen molar-refractivity contribution < 1.29 is 0 Å². The summed E-state index contributed by atoms with van der Waals surface area (Å²) in [5, 5.41) is 0. The van der Waals surface area contributed by atoms with Gasteiger partial charge in [-0.3, -0.25) is 0 Å². The summed E-state index contributed by atoms with van der Waals surface area (Å²) in [6, 6.07) is 3.94. The third-order valence-electron chi connectivity index (χ3n) is 3.01. The normalized spacial score (nSPS) is 21.2. The Kier molecular flexibility index (Phi) is 3.80. The molecule has 1 atom stereocenters. The quantitative estimate of drug-likeness (QED) is 0.777. The van der Waals surface area contributed by atoms with Gasteiger partial charge in [-0.2, -0.15) is 0 Å². The molecular formula is C12H16Br2N2. The Labute approximate surface area is 113 Å². The molecule has 1 aliphatic heterocycles. The Morgan fingerprint density at radius 3 is 2.50 bits per heavy atom. The van der Waals surface area contributed by atoms with Crippen LogP contribution in [-0.4, -0.2) is 13.1 Å². The number of benzene rings is 1. The van der Waals surface area contributed by atoms with Crippen molar-refractivity contribution in [1.82, 2.24) is 0 Å². The summed E-state index contributed by atoms with van der Waals surface area (Å²) in [5.74, 6) is 0.769. The van der Waals surface area contributed by atoms with Gasteiger partial charge in [0.2, 0.25) is 0 Å². The predicted octanol–water partition coefficient (Wildman–Crippen LogP) is 4.03. The lowest BCUT2D eigenvalue weighted by molar-refractivity contribution is 0.446. The first-order valence-electron chi connectivity index (χ1n) is 5.57. The Morgan fingerprint density at radius 1 is 1.31 bits per heavy atom. The van der Waals surface area contributed by atoms with Gasteiger partial charge in [0, 0.05) is 27.7 Å². The summed E-state index contributed by atoms with van der Waals surface area (Å²) in [7, 11) is 0. The lowest BCUT2D eigenvalue weighted by Crippen LogP contribution is -2.34. The second kappa shape index (κ2) is 4.96. The van der Waals surface area contributed by atoms with Crippen molar-refractivity contribution in [1.29, 1.82) is 0 Å². The van der Waals surface area contributed by atoms with Crippen LogP contribution in [0.15, 0.2) is 21.1 Å². The number of nitrogen functional groups attached to an aromatic ring is 1. The molecule has 1 aromatic carbocycles. The van der Waals surface area contributed by atoms with Gasteiger partial charge in [0.15, 0.2) is 0 Å². The smallest absolute Gasteiger partial charge is 0.0656 e. The SMILES string of the molecule is C[C@@H]1CCCN(c2c(Br)cc(N)cc2Br)C1. The van der Waals surface area contributed by atoms with E-state index in [-0.39, 0.29) is 0 Å². The average molecular weight is 348 g/mol. The second-order valence-corrected chi connectivity index (χ2v) is 6.24. The molecule has 0 amide bonds. The fourth-order valence-electron chi connectivity index (χ4n) is 2.28. The van der Waals surface area contributed by atoms with Crippen molar-refractivity contribution in [3.8, 4) is 0 Å². The van der Waals surface area contributed by atoms with E-state index in [1.807, 2.05) is 12.1 Å². The number of hydrogen-bond acceptors (Lipinski definition) is 2. The minimum absolute atomic E-state index is 0.769. The van der Waals surface area contributed by atoms with Gasteiger partial charge in [-0.15, -0.1) is 0 Å². The van der Waals surface area contributed by atoms with E-state index in [9.17, 15) is 0 Å². The third kappa shape index (κ3) is 2.54. The zero-order chi connectivity index (χ0) is 11.7. The summed E-state index contributed by atoms with van der Waals surface area (Å²) in [4.78, 5) is 2.43. The summed E-state index contributed by atoms with van der Waals surface area (Å²) in [6.07, 6.45) is 2.60. The Balaban J connectivity index is 2.32. The summed E-state index contributed by atoms with van der Waals surface area (Å²) in [5.41, 5.74) is 7.83. The van der Waals surface area contributed by atoms with Crippen LogP contribution in [-0.2, 0) is 0 Å². The number of piperidine rings is 1. The maximum absolute atomic E-state index is 5.81. The van der Waals surface area contributed by atoms with E-state index in [0.717, 1.165) is 33.6 Å². The molecule has 0 bridgehead atoms. The Morgan fingerprint density at radius 2 is 1.94 bits per heavy atom. The monoisotopic (exact) mass is 346 g/mol. The van der Waals surface area contributed by atoms with E-state index in [2.05, 4.69) is 43.7 Å². The molecule has 0 saturated carbocycles. The highest BCUT2D eigenvalue weighted by molar-refractivity contribution is 9.11. The van der Waals surface area contributed by atoms with Crippen molar-refractivity contribution >= 4 is 43.2 Å². The molecule has 0 aromatic heterocycles. The minimum Gasteiger partial charge on any atom is -0.399 e. The number of anilines is 2. The molecule has 0 unspecified atom stereocenters. The molecule has 1 aromatic rings. The summed E-state index contributed by atoms with van der Waals surface area (Å²) < 4.78 is 2.15. The molecule has 1 heterocycles. The van der Waals surface area contributed by atoms with E-state index in [1.54, 1.807) is 0 Å². The van der Waals surface area contributed by atoms with Gasteiger partial charge in [-0.05, 0) is 62.8 Å². The van der Waals surface area contributed by atoms with Crippen LogP contribution in [0.4, 0.5) is 11.4 Å². The first-order valence-corrected chi connectivity index (χ1v) is 7.16. The molecule has 4 heteroatoms. The standard InChI is InChI=1S/C12H16Br2N2/c1-8-3-2-4-16(7-8)12-10(13)5-9(15)6-11(12)14/h5-6,8H,2-4,7,15H2,1H3/t8-/m1/s1. The molecule has 2 rings (SSSR count). The molecule has 1 saturated heterocycles. The van der Waals surface area contributed by atoms with E-state index < -0.39 is 0 Å². The van der Waals surface area contributed by atoms with Crippen LogP contribution in [0.3, 0.4) is 0 Å². The van der Waals surface area contributed by atoms with Crippen molar-refractivity contribution in [3.05, 3.63) is 21.1 Å². The molecule has 0 radical (unpaired) electrons. The van der Waals surface area contributed by atoms with E-state index in [4.69, 9.17) is 5.73 Å². The molecule has 16 heavy (non-hydrogen) atoms. The highest BCUT2D eigenvalue weighted by Gasteiger charge is 2.20. The van der Waals surface area contributed by atoms with E-state index >= 15 is 0 Å². The highest BCUT2D eigenvalue weighted by Crippen LogP contribution is 2.38. The van der Waals surface area contributed by atoms with Gasteiger partial charge < -0.3 is 10.6 Å². The lowest BCUT2D eigenvalue weighted by Gasteiger charge is -2.34.